The highest BCUT2D eigenvalue weighted by atomic mass is 19.1. The Morgan fingerprint density at radius 3 is 2.87 bits per heavy atom. The number of amides is 1. The lowest BCUT2D eigenvalue weighted by Gasteiger charge is -2.08. The number of nitrogens with zero attached hydrogens (tertiary/aromatic N) is 2. The van der Waals surface area contributed by atoms with Crippen LogP contribution in [0, 0.1) is 5.82 Å². The Hall–Kier alpha value is -2.89. The quantitative estimate of drug-likeness (QED) is 0.678. The number of carbonyl (C=O) groups excluding carboxylic acids is 1. The van der Waals surface area contributed by atoms with Crippen LogP contribution in [0.4, 0.5) is 10.1 Å². The number of halogens is 1. The molecular weight excluding hydrogens is 295 g/mol. The molecule has 0 atom stereocenters. The van der Waals surface area contributed by atoms with Crippen LogP contribution in [-0.4, -0.2) is 15.3 Å². The van der Waals surface area contributed by atoms with Gasteiger partial charge in [0.05, 0.1) is 17.5 Å². The normalized spacial score (nSPS) is 12.6. The Labute approximate surface area is 133 Å². The van der Waals surface area contributed by atoms with Crippen LogP contribution in [0.3, 0.4) is 0 Å². The van der Waals surface area contributed by atoms with E-state index in [1.165, 1.54) is 12.1 Å². The molecule has 1 aliphatic rings. The Balaban J connectivity index is 0.000000753. The fraction of sp³-hybridized carbons (Fsp3) is 0.176. The van der Waals surface area contributed by atoms with Crippen molar-refractivity contribution in [1.29, 1.82) is 0 Å². The lowest BCUT2D eigenvalue weighted by Crippen LogP contribution is -2.13. The highest BCUT2D eigenvalue weighted by Gasteiger charge is 2.25. The van der Waals surface area contributed by atoms with Crippen LogP contribution in [0.5, 0.6) is 0 Å². The van der Waals surface area contributed by atoms with E-state index in [0.29, 0.717) is 23.4 Å². The van der Waals surface area contributed by atoms with Gasteiger partial charge in [0, 0.05) is 30.1 Å². The first-order valence-corrected chi connectivity index (χ1v) is 7.47. The molecule has 0 saturated carbocycles. The first-order chi connectivity index (χ1) is 11.1. The second kappa shape index (κ2) is 5.72. The van der Waals surface area contributed by atoms with Gasteiger partial charge in [-0.05, 0) is 17.7 Å². The second-order valence-corrected chi connectivity index (χ2v) is 4.96. The number of imidazole rings is 1. The average Bonchev–Trinajstić information content (AvgIpc) is 3.14. The summed E-state index contributed by atoms with van der Waals surface area (Å²) in [5, 5.41) is 2.78. The lowest BCUT2D eigenvalue weighted by atomic mass is 9.99. The first-order valence-electron chi connectivity index (χ1n) is 7.47. The van der Waals surface area contributed by atoms with Gasteiger partial charge in [-0.1, -0.05) is 19.9 Å². The van der Waals surface area contributed by atoms with E-state index in [2.05, 4.69) is 10.3 Å². The number of anilines is 1. The van der Waals surface area contributed by atoms with Crippen molar-refractivity contribution >= 4 is 17.2 Å². The molecule has 3 aromatic rings. The molecular formula is C17H17FN4O. The van der Waals surface area contributed by atoms with Crippen molar-refractivity contribution in [3.05, 3.63) is 53.6 Å². The highest BCUT2D eigenvalue weighted by Crippen LogP contribution is 2.33. The molecule has 1 aliphatic heterocycles. The standard InChI is InChI=1S/C15H11FN4O.C2H6/c16-8-3-4-20-12(7-18-13(20)5-8)9-1-2-11(17)14-10(9)6-19-15(14)21;1-2/h1-5,7H,6,17H2,(H,19,21);1-2H3. The van der Waals surface area contributed by atoms with Crippen molar-refractivity contribution in [2.75, 3.05) is 5.73 Å². The minimum absolute atomic E-state index is 0.163. The Morgan fingerprint density at radius 2 is 2.09 bits per heavy atom. The molecule has 0 aliphatic carbocycles. The van der Waals surface area contributed by atoms with Crippen LogP contribution < -0.4 is 11.1 Å². The molecule has 0 spiro atoms. The second-order valence-electron chi connectivity index (χ2n) is 4.96. The average molecular weight is 312 g/mol. The maximum absolute atomic E-state index is 13.2. The van der Waals surface area contributed by atoms with Crippen molar-refractivity contribution in [3.63, 3.8) is 0 Å². The van der Waals surface area contributed by atoms with E-state index in [0.717, 1.165) is 16.8 Å². The molecule has 6 heteroatoms. The fourth-order valence-corrected chi connectivity index (χ4v) is 2.77. The van der Waals surface area contributed by atoms with E-state index in [1.54, 1.807) is 22.9 Å². The van der Waals surface area contributed by atoms with Crippen molar-refractivity contribution in [2.24, 2.45) is 0 Å². The summed E-state index contributed by atoms with van der Waals surface area (Å²) in [6.45, 7) is 4.43. The van der Waals surface area contributed by atoms with Gasteiger partial charge in [-0.2, -0.15) is 0 Å². The molecule has 3 heterocycles. The highest BCUT2D eigenvalue weighted by molar-refractivity contribution is 6.05. The van der Waals surface area contributed by atoms with E-state index in [1.807, 2.05) is 19.9 Å². The maximum Gasteiger partial charge on any atom is 0.254 e. The third-order valence-corrected chi connectivity index (χ3v) is 3.75. The van der Waals surface area contributed by atoms with E-state index in [9.17, 15) is 9.18 Å². The van der Waals surface area contributed by atoms with Gasteiger partial charge in [0.15, 0.2) is 0 Å². The summed E-state index contributed by atoms with van der Waals surface area (Å²) in [6, 6.07) is 6.31. The van der Waals surface area contributed by atoms with Gasteiger partial charge in [0.2, 0.25) is 0 Å². The zero-order chi connectivity index (χ0) is 16.6. The smallest absolute Gasteiger partial charge is 0.254 e. The summed E-state index contributed by atoms with van der Waals surface area (Å²) in [5.41, 5.74) is 9.91. The molecule has 0 unspecified atom stereocenters. The topological polar surface area (TPSA) is 72.4 Å². The lowest BCUT2D eigenvalue weighted by molar-refractivity contribution is 0.0966. The number of aromatic nitrogens is 2. The number of rotatable bonds is 1. The third kappa shape index (κ3) is 2.32. The summed E-state index contributed by atoms with van der Waals surface area (Å²) in [5.74, 6) is -0.497. The van der Waals surface area contributed by atoms with E-state index in [-0.39, 0.29) is 11.7 Å². The van der Waals surface area contributed by atoms with Gasteiger partial charge in [-0.15, -0.1) is 0 Å². The van der Waals surface area contributed by atoms with Gasteiger partial charge in [-0.25, -0.2) is 9.37 Å². The molecule has 1 amide bonds. The Bertz CT molecular complexity index is 901. The van der Waals surface area contributed by atoms with E-state index >= 15 is 0 Å². The van der Waals surface area contributed by atoms with Crippen LogP contribution >= 0.6 is 0 Å². The van der Waals surface area contributed by atoms with Crippen molar-refractivity contribution in [2.45, 2.75) is 20.4 Å². The number of nitrogen functional groups attached to an aromatic ring is 1. The summed E-state index contributed by atoms with van der Waals surface area (Å²) in [7, 11) is 0. The van der Waals surface area contributed by atoms with Crippen molar-refractivity contribution < 1.29 is 9.18 Å². The number of hydrogen-bond acceptors (Lipinski definition) is 3. The predicted molar refractivity (Wildman–Crippen MR) is 87.5 cm³/mol. The third-order valence-electron chi connectivity index (χ3n) is 3.75. The van der Waals surface area contributed by atoms with Gasteiger partial charge in [0.25, 0.3) is 5.91 Å². The summed E-state index contributed by atoms with van der Waals surface area (Å²) in [4.78, 5) is 16.1. The van der Waals surface area contributed by atoms with Crippen LogP contribution in [0.25, 0.3) is 16.9 Å². The molecule has 3 N–H and O–H groups in total. The summed E-state index contributed by atoms with van der Waals surface area (Å²) < 4.78 is 15.0. The molecule has 0 bridgehead atoms. The molecule has 2 aromatic heterocycles. The number of benzene rings is 1. The molecule has 23 heavy (non-hydrogen) atoms. The molecule has 5 nitrogen and oxygen atoms in total. The number of nitrogens with two attached hydrogens (primary N) is 1. The van der Waals surface area contributed by atoms with E-state index < -0.39 is 0 Å². The number of fused-ring (bicyclic) bond motifs is 2. The number of pyridine rings is 1. The molecule has 4 rings (SSSR count). The molecule has 0 saturated heterocycles. The summed E-state index contributed by atoms with van der Waals surface area (Å²) >= 11 is 0. The van der Waals surface area contributed by atoms with Gasteiger partial charge in [0.1, 0.15) is 11.5 Å². The summed E-state index contributed by atoms with van der Waals surface area (Å²) in [6.07, 6.45) is 3.29. The molecule has 1 aromatic carbocycles. The van der Waals surface area contributed by atoms with Crippen molar-refractivity contribution in [1.82, 2.24) is 14.7 Å². The van der Waals surface area contributed by atoms with Crippen molar-refractivity contribution in [3.8, 4) is 11.3 Å². The fourth-order valence-electron chi connectivity index (χ4n) is 2.77. The minimum Gasteiger partial charge on any atom is -0.398 e. The predicted octanol–water partition coefficient (Wildman–Crippen LogP) is 2.99. The SMILES string of the molecule is CC.Nc1ccc(-c2cnc3cc(F)ccn23)c2c1C(=O)NC2. The first kappa shape index (κ1) is 15.0. The monoisotopic (exact) mass is 312 g/mol. The van der Waals surface area contributed by atoms with E-state index in [4.69, 9.17) is 5.73 Å². The Morgan fingerprint density at radius 1 is 1.30 bits per heavy atom. The van der Waals surface area contributed by atoms with Crippen LogP contribution in [0.15, 0.2) is 36.7 Å². The Kier molecular flexibility index (Phi) is 3.73. The molecule has 0 radical (unpaired) electrons. The molecule has 118 valence electrons. The zero-order valence-electron chi connectivity index (χ0n) is 12.9. The van der Waals surface area contributed by atoms with Gasteiger partial charge >= 0.3 is 0 Å². The van der Waals surface area contributed by atoms with Gasteiger partial charge < -0.3 is 11.1 Å². The van der Waals surface area contributed by atoms with Crippen LogP contribution in [0.2, 0.25) is 0 Å². The van der Waals surface area contributed by atoms with Gasteiger partial charge in [-0.3, -0.25) is 9.20 Å². The van der Waals surface area contributed by atoms with Crippen LogP contribution in [0.1, 0.15) is 29.8 Å². The number of hydrogen-bond donors (Lipinski definition) is 2. The molecule has 0 fully saturated rings. The minimum atomic E-state index is -0.334. The largest absolute Gasteiger partial charge is 0.398 e. The number of nitrogens with one attached hydrogen (secondary N) is 1. The van der Waals surface area contributed by atoms with Crippen LogP contribution in [-0.2, 0) is 6.54 Å². The zero-order valence-corrected chi connectivity index (χ0v) is 12.9. The number of carbonyl (C=O) groups is 1. The maximum atomic E-state index is 13.2.